The second-order valence-electron chi connectivity index (χ2n) is 6.92. The molecule has 0 amide bonds. The lowest BCUT2D eigenvalue weighted by Gasteiger charge is -2.34. The van der Waals surface area contributed by atoms with Crippen LogP contribution in [0.25, 0.3) is 0 Å². The molecule has 0 unspecified atom stereocenters. The quantitative estimate of drug-likeness (QED) is 0.698. The zero-order chi connectivity index (χ0) is 20.6. The van der Waals surface area contributed by atoms with E-state index in [9.17, 15) is 12.8 Å². The van der Waals surface area contributed by atoms with E-state index < -0.39 is 10.0 Å². The van der Waals surface area contributed by atoms with E-state index in [2.05, 4.69) is 4.90 Å². The van der Waals surface area contributed by atoms with Crippen LogP contribution in [0.3, 0.4) is 0 Å². The summed E-state index contributed by atoms with van der Waals surface area (Å²) in [7, 11) is -3.74. The predicted molar refractivity (Wildman–Crippen MR) is 107 cm³/mol. The van der Waals surface area contributed by atoms with Gasteiger partial charge in [0.2, 0.25) is 10.0 Å². The van der Waals surface area contributed by atoms with E-state index in [-0.39, 0.29) is 22.5 Å². The lowest BCUT2D eigenvalue weighted by atomic mass is 10.1. The van der Waals surface area contributed by atoms with Crippen molar-refractivity contribution in [3.63, 3.8) is 0 Å². The molecule has 29 heavy (non-hydrogen) atoms. The third-order valence-electron chi connectivity index (χ3n) is 4.99. The average Bonchev–Trinajstić information content (AvgIpc) is 2.70. The number of nitrogens with zero attached hydrogens (tertiary/aromatic N) is 2. The Balaban J connectivity index is 1.46. The highest BCUT2D eigenvalue weighted by Crippen LogP contribution is 2.31. The minimum Gasteiger partial charge on any atom is -0.467 e. The molecule has 2 aliphatic rings. The molecule has 10 heteroatoms. The van der Waals surface area contributed by atoms with Crippen LogP contribution in [0.5, 0.6) is 5.75 Å². The Hall–Kier alpha value is -1.42. The first-order chi connectivity index (χ1) is 13.8. The fraction of sp³-hybridized carbons (Fsp3) is 0.368. The van der Waals surface area contributed by atoms with Crippen molar-refractivity contribution in [2.75, 3.05) is 33.0 Å². The summed E-state index contributed by atoms with van der Waals surface area (Å²) in [4.78, 5) is 2.08. The number of hydrogen-bond acceptors (Lipinski definition) is 5. The largest absolute Gasteiger partial charge is 0.467 e. The molecule has 6 nitrogen and oxygen atoms in total. The molecule has 0 N–H and O–H groups in total. The van der Waals surface area contributed by atoms with Gasteiger partial charge in [0.15, 0.2) is 6.79 Å². The van der Waals surface area contributed by atoms with Crippen LogP contribution in [0.2, 0.25) is 10.0 Å². The van der Waals surface area contributed by atoms with Gasteiger partial charge in [-0.2, -0.15) is 4.31 Å². The highest BCUT2D eigenvalue weighted by molar-refractivity contribution is 7.89. The molecule has 156 valence electrons. The maximum absolute atomic E-state index is 13.9. The van der Waals surface area contributed by atoms with Gasteiger partial charge >= 0.3 is 0 Å². The average molecular weight is 461 g/mol. The number of sulfonamides is 1. The third-order valence-corrected chi connectivity index (χ3v) is 7.60. The first-order valence-corrected chi connectivity index (χ1v) is 11.2. The van der Waals surface area contributed by atoms with Gasteiger partial charge in [-0.05, 0) is 30.3 Å². The first kappa shape index (κ1) is 20.8. The second kappa shape index (κ2) is 8.37. The van der Waals surface area contributed by atoms with E-state index in [1.165, 1.54) is 28.6 Å². The SMILES string of the molecule is O=S(=O)(c1cc(Cl)ccc1Cl)N1CCN(Cc2cc(F)cc3c2OCOC3)CC1. The van der Waals surface area contributed by atoms with E-state index in [1.54, 1.807) is 6.07 Å². The highest BCUT2D eigenvalue weighted by Gasteiger charge is 2.31. The molecule has 0 aliphatic carbocycles. The normalized spacial score (nSPS) is 18.3. The Kier molecular flexibility index (Phi) is 6.02. The number of halogens is 3. The number of ether oxygens (including phenoxy) is 2. The Morgan fingerprint density at radius 1 is 1.07 bits per heavy atom. The van der Waals surface area contributed by atoms with Gasteiger partial charge < -0.3 is 9.47 Å². The van der Waals surface area contributed by atoms with Gasteiger partial charge in [0, 0.05) is 48.9 Å². The van der Waals surface area contributed by atoms with Gasteiger partial charge in [0.25, 0.3) is 0 Å². The molecule has 0 saturated carbocycles. The van der Waals surface area contributed by atoms with Crippen molar-refractivity contribution < 1.29 is 22.3 Å². The maximum Gasteiger partial charge on any atom is 0.244 e. The van der Waals surface area contributed by atoms with Crippen LogP contribution in [0, 0.1) is 5.82 Å². The summed E-state index contributed by atoms with van der Waals surface area (Å²) in [6, 6.07) is 7.26. The molecular weight excluding hydrogens is 442 g/mol. The molecule has 0 aromatic heterocycles. The Labute approximate surface area is 178 Å². The Bertz CT molecular complexity index is 1030. The standard InChI is InChI=1S/C19H19Cl2FN2O4S/c20-15-1-2-17(21)18(9-15)29(25,26)24-5-3-23(4-6-24)10-13-7-16(22)8-14-11-27-12-28-19(13)14/h1-2,7-9H,3-6,10-12H2. The van der Waals surface area contributed by atoms with Gasteiger partial charge in [-0.1, -0.05) is 23.2 Å². The van der Waals surface area contributed by atoms with Crippen LogP contribution in [-0.2, 0) is 27.9 Å². The molecule has 0 spiro atoms. The summed E-state index contributed by atoms with van der Waals surface area (Å²) in [5.74, 6) is 0.308. The lowest BCUT2D eigenvalue weighted by molar-refractivity contribution is -0.0178. The lowest BCUT2D eigenvalue weighted by Crippen LogP contribution is -2.48. The van der Waals surface area contributed by atoms with Crippen LogP contribution in [0.4, 0.5) is 4.39 Å². The van der Waals surface area contributed by atoms with Gasteiger partial charge in [-0.3, -0.25) is 4.90 Å². The van der Waals surface area contributed by atoms with E-state index in [1.807, 2.05) is 0 Å². The van der Waals surface area contributed by atoms with Crippen LogP contribution in [-0.4, -0.2) is 50.6 Å². The van der Waals surface area contributed by atoms with Crippen molar-refractivity contribution in [2.24, 2.45) is 0 Å². The number of piperazine rings is 1. The van der Waals surface area contributed by atoms with E-state index in [4.69, 9.17) is 32.7 Å². The monoisotopic (exact) mass is 460 g/mol. The van der Waals surface area contributed by atoms with Gasteiger partial charge in [0.05, 0.1) is 11.6 Å². The summed E-state index contributed by atoms with van der Waals surface area (Å²) in [6.45, 7) is 2.51. The number of fused-ring (bicyclic) bond motifs is 1. The van der Waals surface area contributed by atoms with Crippen molar-refractivity contribution >= 4 is 33.2 Å². The van der Waals surface area contributed by atoms with E-state index >= 15 is 0 Å². The number of rotatable bonds is 4. The van der Waals surface area contributed by atoms with E-state index in [0.717, 1.165) is 5.56 Å². The number of benzene rings is 2. The second-order valence-corrected chi connectivity index (χ2v) is 9.67. The molecule has 1 fully saturated rings. The van der Waals surface area contributed by atoms with Gasteiger partial charge in [0.1, 0.15) is 16.5 Å². The fourth-order valence-electron chi connectivity index (χ4n) is 3.56. The van der Waals surface area contributed by atoms with Gasteiger partial charge in [-0.15, -0.1) is 0 Å². The van der Waals surface area contributed by atoms with Crippen LogP contribution in [0.15, 0.2) is 35.2 Å². The molecule has 2 aliphatic heterocycles. The molecule has 2 aromatic rings. The molecule has 4 rings (SSSR count). The van der Waals surface area contributed by atoms with Crippen molar-refractivity contribution in [1.82, 2.24) is 9.21 Å². The molecule has 0 bridgehead atoms. The van der Waals surface area contributed by atoms with Gasteiger partial charge in [-0.25, -0.2) is 12.8 Å². The summed E-state index contributed by atoms with van der Waals surface area (Å²) in [5, 5.41) is 0.453. The van der Waals surface area contributed by atoms with E-state index in [0.29, 0.717) is 55.7 Å². The third kappa shape index (κ3) is 4.38. The molecule has 2 heterocycles. The Morgan fingerprint density at radius 2 is 1.83 bits per heavy atom. The topological polar surface area (TPSA) is 59.1 Å². The molecule has 0 radical (unpaired) electrons. The minimum atomic E-state index is -3.74. The Morgan fingerprint density at radius 3 is 2.59 bits per heavy atom. The van der Waals surface area contributed by atoms with Crippen LogP contribution in [0.1, 0.15) is 11.1 Å². The van der Waals surface area contributed by atoms with Crippen LogP contribution < -0.4 is 4.74 Å². The first-order valence-electron chi connectivity index (χ1n) is 9.04. The predicted octanol–water partition coefficient (Wildman–Crippen LogP) is 3.51. The number of hydrogen-bond donors (Lipinski definition) is 0. The van der Waals surface area contributed by atoms with Crippen LogP contribution >= 0.6 is 23.2 Å². The zero-order valence-electron chi connectivity index (χ0n) is 15.4. The molecule has 2 aromatic carbocycles. The summed E-state index contributed by atoms with van der Waals surface area (Å²) < 4.78 is 52.0. The highest BCUT2D eigenvalue weighted by atomic mass is 35.5. The minimum absolute atomic E-state index is 0.00715. The van der Waals surface area contributed by atoms with Crippen molar-refractivity contribution in [2.45, 2.75) is 18.0 Å². The zero-order valence-corrected chi connectivity index (χ0v) is 17.7. The van der Waals surface area contributed by atoms with Crippen molar-refractivity contribution in [1.29, 1.82) is 0 Å². The molecule has 1 saturated heterocycles. The smallest absolute Gasteiger partial charge is 0.244 e. The molecular formula is C19H19Cl2FN2O4S. The van der Waals surface area contributed by atoms with Crippen molar-refractivity contribution in [3.8, 4) is 5.75 Å². The summed E-state index contributed by atoms with van der Waals surface area (Å²) in [5.41, 5.74) is 1.42. The summed E-state index contributed by atoms with van der Waals surface area (Å²) in [6.07, 6.45) is 0. The molecule has 0 atom stereocenters. The maximum atomic E-state index is 13.9. The summed E-state index contributed by atoms with van der Waals surface area (Å²) >= 11 is 12.0. The fourth-order valence-corrected chi connectivity index (χ4v) is 5.72. The van der Waals surface area contributed by atoms with Crippen molar-refractivity contribution in [3.05, 3.63) is 57.3 Å².